The fourth-order valence-electron chi connectivity index (χ4n) is 2.46. The van der Waals surface area contributed by atoms with Gasteiger partial charge in [-0.25, -0.2) is 0 Å². The fourth-order valence-corrected chi connectivity index (χ4v) is 4.72. The number of aromatic amines is 2. The van der Waals surface area contributed by atoms with Crippen LogP contribution in [0.5, 0.6) is 0 Å². The Balaban J connectivity index is 1.90. The van der Waals surface area contributed by atoms with E-state index in [4.69, 9.17) is 0 Å². The van der Waals surface area contributed by atoms with E-state index in [1.807, 2.05) is 30.3 Å². The summed E-state index contributed by atoms with van der Waals surface area (Å²) in [4.78, 5) is 28.8. The van der Waals surface area contributed by atoms with Gasteiger partial charge >= 0.3 is 0 Å². The van der Waals surface area contributed by atoms with Gasteiger partial charge in [-0.15, -0.1) is 0 Å². The summed E-state index contributed by atoms with van der Waals surface area (Å²) in [6, 6.07) is 20.7. The molecule has 4 nitrogen and oxygen atoms in total. The van der Waals surface area contributed by atoms with E-state index >= 15 is 0 Å². The number of hydrogen-bond donors (Lipinski definition) is 2. The number of H-pyrrole nitrogens is 2. The molecule has 0 saturated heterocycles. The number of aromatic nitrogens is 2. The molecule has 23 heavy (non-hydrogen) atoms. The lowest BCUT2D eigenvalue weighted by atomic mass is 10.4. The van der Waals surface area contributed by atoms with Crippen LogP contribution < -0.4 is 16.4 Å². The number of pyridine rings is 2. The van der Waals surface area contributed by atoms with Crippen molar-refractivity contribution < 1.29 is 0 Å². The van der Waals surface area contributed by atoms with E-state index in [0.717, 1.165) is 23.7 Å². The van der Waals surface area contributed by atoms with Crippen LogP contribution in [0.2, 0.25) is 0 Å². The topological polar surface area (TPSA) is 65.7 Å². The Morgan fingerprint density at radius 3 is 1.65 bits per heavy atom. The molecule has 3 rings (SSSR count). The first kappa shape index (κ1) is 15.4. The van der Waals surface area contributed by atoms with E-state index in [9.17, 15) is 9.59 Å². The summed E-state index contributed by atoms with van der Waals surface area (Å²) in [5, 5.41) is 1.25. The van der Waals surface area contributed by atoms with E-state index in [1.165, 1.54) is 17.4 Å². The first-order chi connectivity index (χ1) is 11.2. The van der Waals surface area contributed by atoms with Crippen molar-refractivity contribution in [2.45, 2.75) is 12.3 Å². The summed E-state index contributed by atoms with van der Waals surface area (Å²) in [5.74, 6) is 0. The van der Waals surface area contributed by atoms with Crippen molar-refractivity contribution in [3.05, 3.63) is 98.8 Å². The van der Waals surface area contributed by atoms with Gasteiger partial charge in [-0.1, -0.05) is 50.4 Å². The molecule has 3 aromatic rings. The van der Waals surface area contributed by atoms with Crippen LogP contribution in [0.15, 0.2) is 76.3 Å². The van der Waals surface area contributed by atoms with Crippen LogP contribution in [0, 0.1) is 0 Å². The van der Waals surface area contributed by atoms with E-state index in [2.05, 4.69) is 22.1 Å². The summed E-state index contributed by atoms with van der Waals surface area (Å²) in [5.41, 5.74) is 1.67. The fraction of sp³-hybridized carbons (Fsp3) is 0.111. The quantitative estimate of drug-likeness (QED) is 0.709. The maximum absolute atomic E-state index is 11.5. The number of rotatable bonds is 5. The van der Waals surface area contributed by atoms with Crippen molar-refractivity contribution in [1.29, 1.82) is 0 Å². The number of benzene rings is 1. The van der Waals surface area contributed by atoms with Gasteiger partial charge in [-0.3, -0.25) is 9.59 Å². The lowest BCUT2D eigenvalue weighted by Gasteiger charge is -2.18. The molecule has 116 valence electrons. The van der Waals surface area contributed by atoms with Crippen LogP contribution in [0.3, 0.4) is 0 Å². The van der Waals surface area contributed by atoms with Gasteiger partial charge in [0.1, 0.15) is 0 Å². The second-order valence-corrected chi connectivity index (χ2v) is 7.50. The molecule has 0 spiro atoms. The highest BCUT2D eigenvalue weighted by Crippen LogP contribution is 2.41. The zero-order valence-corrected chi connectivity index (χ0v) is 13.4. The normalized spacial score (nSPS) is 10.8. The molecule has 0 aliphatic rings. The minimum atomic E-state index is -0.573. The van der Waals surface area contributed by atoms with Crippen molar-refractivity contribution >= 4 is 13.2 Å². The molecule has 0 aliphatic heterocycles. The highest BCUT2D eigenvalue weighted by molar-refractivity contribution is 7.64. The zero-order valence-electron chi connectivity index (χ0n) is 12.5. The van der Waals surface area contributed by atoms with Crippen LogP contribution in [0.1, 0.15) is 11.4 Å². The number of nitrogens with one attached hydrogen (secondary N) is 2. The standard InChI is InChI=1S/C18H17N2O2P/c21-17-10-4-6-14(19-17)12-23(16-8-2-1-3-9-16)13-15-7-5-11-18(22)20-15/h1-11H,12-13H2,(H,19,21)(H,20,22). The van der Waals surface area contributed by atoms with Crippen LogP contribution in [-0.4, -0.2) is 9.97 Å². The predicted molar refractivity (Wildman–Crippen MR) is 94.5 cm³/mol. The third-order valence-electron chi connectivity index (χ3n) is 3.50. The Labute approximate surface area is 135 Å². The molecule has 2 heterocycles. The molecule has 5 heteroatoms. The maximum Gasteiger partial charge on any atom is 0.248 e. The minimum Gasteiger partial charge on any atom is -0.326 e. The summed E-state index contributed by atoms with van der Waals surface area (Å²) in [7, 11) is -0.573. The highest BCUT2D eigenvalue weighted by atomic mass is 31.1. The largest absolute Gasteiger partial charge is 0.326 e. The van der Waals surface area contributed by atoms with Gasteiger partial charge in [0.15, 0.2) is 0 Å². The van der Waals surface area contributed by atoms with E-state index < -0.39 is 7.92 Å². The molecular weight excluding hydrogens is 307 g/mol. The Hall–Kier alpha value is -2.45. The van der Waals surface area contributed by atoms with Crippen LogP contribution in [0.25, 0.3) is 0 Å². The van der Waals surface area contributed by atoms with Gasteiger partial charge < -0.3 is 9.97 Å². The van der Waals surface area contributed by atoms with Crippen molar-refractivity contribution in [3.63, 3.8) is 0 Å². The second kappa shape index (κ2) is 7.21. The van der Waals surface area contributed by atoms with Crippen molar-refractivity contribution in [1.82, 2.24) is 9.97 Å². The van der Waals surface area contributed by atoms with Crippen molar-refractivity contribution in [2.75, 3.05) is 0 Å². The molecule has 0 atom stereocenters. The van der Waals surface area contributed by atoms with Gasteiger partial charge in [0.2, 0.25) is 11.1 Å². The van der Waals surface area contributed by atoms with Gasteiger partial charge in [0.05, 0.1) is 0 Å². The van der Waals surface area contributed by atoms with Crippen molar-refractivity contribution in [3.8, 4) is 0 Å². The van der Waals surface area contributed by atoms with E-state index in [0.29, 0.717) is 0 Å². The molecule has 1 aromatic carbocycles. The molecule has 0 fully saturated rings. The van der Waals surface area contributed by atoms with E-state index in [-0.39, 0.29) is 11.1 Å². The highest BCUT2D eigenvalue weighted by Gasteiger charge is 2.13. The average molecular weight is 324 g/mol. The Morgan fingerprint density at radius 1 is 0.652 bits per heavy atom. The molecule has 0 amide bonds. The molecular formula is C18H17N2O2P. The predicted octanol–water partition coefficient (Wildman–Crippen LogP) is 2.57. The molecule has 0 radical (unpaired) electrons. The first-order valence-corrected chi connectivity index (χ1v) is 9.08. The second-order valence-electron chi connectivity index (χ2n) is 5.27. The summed E-state index contributed by atoms with van der Waals surface area (Å²) < 4.78 is 0. The lowest BCUT2D eigenvalue weighted by molar-refractivity contribution is 1.09. The zero-order chi connectivity index (χ0) is 16.1. The van der Waals surface area contributed by atoms with Crippen LogP contribution in [-0.2, 0) is 12.3 Å². The monoisotopic (exact) mass is 324 g/mol. The van der Waals surface area contributed by atoms with Crippen LogP contribution >= 0.6 is 7.92 Å². The maximum atomic E-state index is 11.5. The molecule has 2 aromatic heterocycles. The molecule has 0 bridgehead atoms. The first-order valence-electron chi connectivity index (χ1n) is 7.37. The average Bonchev–Trinajstić information content (AvgIpc) is 2.55. The summed E-state index contributed by atoms with van der Waals surface area (Å²) in [6.45, 7) is 0. The third kappa shape index (κ3) is 4.27. The molecule has 2 N–H and O–H groups in total. The molecule has 0 saturated carbocycles. The molecule has 0 unspecified atom stereocenters. The summed E-state index contributed by atoms with van der Waals surface area (Å²) >= 11 is 0. The Morgan fingerprint density at radius 2 is 1.17 bits per heavy atom. The van der Waals surface area contributed by atoms with Gasteiger partial charge in [-0.2, -0.15) is 0 Å². The SMILES string of the molecule is O=c1cccc(CP(Cc2cccc(=O)[nH]2)c2ccccc2)[nH]1. The van der Waals surface area contributed by atoms with E-state index in [1.54, 1.807) is 12.1 Å². The summed E-state index contributed by atoms with van der Waals surface area (Å²) in [6.07, 6.45) is 1.54. The van der Waals surface area contributed by atoms with Crippen molar-refractivity contribution in [2.24, 2.45) is 0 Å². The van der Waals surface area contributed by atoms with Crippen LogP contribution in [0.4, 0.5) is 0 Å². The smallest absolute Gasteiger partial charge is 0.248 e. The van der Waals surface area contributed by atoms with Gasteiger partial charge in [0, 0.05) is 35.8 Å². The Bertz CT molecular complexity index is 831. The molecule has 0 aliphatic carbocycles. The number of hydrogen-bond acceptors (Lipinski definition) is 2. The third-order valence-corrected chi connectivity index (χ3v) is 5.97. The minimum absolute atomic E-state index is 0.0846. The Kier molecular flexibility index (Phi) is 4.84. The lowest BCUT2D eigenvalue weighted by Crippen LogP contribution is -2.11. The van der Waals surface area contributed by atoms with Gasteiger partial charge in [0.25, 0.3) is 0 Å². The van der Waals surface area contributed by atoms with Gasteiger partial charge in [-0.05, 0) is 17.4 Å².